The van der Waals surface area contributed by atoms with Crippen LogP contribution >= 0.6 is 23.2 Å². The fourth-order valence-electron chi connectivity index (χ4n) is 2.70. The number of hydrogen-bond acceptors (Lipinski definition) is 1. The normalized spacial score (nSPS) is 17.9. The Morgan fingerprint density at radius 1 is 1.05 bits per heavy atom. The summed E-state index contributed by atoms with van der Waals surface area (Å²) in [4.78, 5) is 0. The molecule has 3 rings (SSSR count). The molecule has 0 spiro atoms. The summed E-state index contributed by atoms with van der Waals surface area (Å²) in [6.07, 6.45) is 3.49. The van der Waals surface area contributed by atoms with Gasteiger partial charge in [-0.1, -0.05) is 47.5 Å². The van der Waals surface area contributed by atoms with Crippen LogP contribution in [0.3, 0.4) is 0 Å². The Balaban J connectivity index is 1.90. The van der Waals surface area contributed by atoms with Gasteiger partial charge in [-0.3, -0.25) is 0 Å². The molecule has 1 atom stereocenters. The molecule has 0 fully saturated rings. The quantitative estimate of drug-likeness (QED) is 0.772. The SMILES string of the molecule is Clc1ccc(Cl)c(NC2CCCc3ccccc32)c1. The van der Waals surface area contributed by atoms with Crippen molar-refractivity contribution >= 4 is 28.9 Å². The van der Waals surface area contributed by atoms with Crippen LogP contribution in [0.5, 0.6) is 0 Å². The Hall–Kier alpha value is -1.18. The van der Waals surface area contributed by atoms with E-state index in [9.17, 15) is 0 Å². The molecular formula is C16H15Cl2N. The van der Waals surface area contributed by atoms with Gasteiger partial charge in [0.2, 0.25) is 0 Å². The van der Waals surface area contributed by atoms with Crippen molar-refractivity contribution in [2.45, 2.75) is 25.3 Å². The molecule has 1 aliphatic carbocycles. The molecule has 0 saturated heterocycles. The first kappa shape index (κ1) is 12.8. The minimum atomic E-state index is 0.320. The first-order valence-corrected chi connectivity index (χ1v) is 7.29. The number of halogens is 2. The van der Waals surface area contributed by atoms with Crippen molar-refractivity contribution in [3.8, 4) is 0 Å². The van der Waals surface area contributed by atoms with Crippen molar-refractivity contribution < 1.29 is 0 Å². The van der Waals surface area contributed by atoms with Gasteiger partial charge >= 0.3 is 0 Å². The molecule has 1 aliphatic rings. The second kappa shape index (κ2) is 5.44. The molecule has 98 valence electrons. The van der Waals surface area contributed by atoms with Crippen LogP contribution in [0.1, 0.15) is 30.0 Å². The lowest BCUT2D eigenvalue weighted by Gasteiger charge is -2.27. The van der Waals surface area contributed by atoms with Crippen LogP contribution in [0.2, 0.25) is 10.0 Å². The van der Waals surface area contributed by atoms with Crippen LogP contribution < -0.4 is 5.32 Å². The summed E-state index contributed by atoms with van der Waals surface area (Å²) in [5.41, 5.74) is 3.73. The van der Waals surface area contributed by atoms with E-state index in [1.54, 1.807) is 0 Å². The van der Waals surface area contributed by atoms with Gasteiger partial charge in [0.15, 0.2) is 0 Å². The highest BCUT2D eigenvalue weighted by molar-refractivity contribution is 6.35. The Kier molecular flexibility index (Phi) is 3.67. The summed E-state index contributed by atoms with van der Waals surface area (Å²) in [6, 6.07) is 14.5. The lowest BCUT2D eigenvalue weighted by Crippen LogP contribution is -2.17. The maximum absolute atomic E-state index is 6.22. The second-order valence-electron chi connectivity index (χ2n) is 4.91. The van der Waals surface area contributed by atoms with E-state index in [-0.39, 0.29) is 0 Å². The molecule has 0 radical (unpaired) electrons. The number of rotatable bonds is 2. The van der Waals surface area contributed by atoms with E-state index >= 15 is 0 Å². The van der Waals surface area contributed by atoms with E-state index in [1.807, 2.05) is 18.2 Å². The van der Waals surface area contributed by atoms with Crippen LogP contribution in [0.15, 0.2) is 42.5 Å². The van der Waals surface area contributed by atoms with Crippen molar-refractivity contribution in [2.75, 3.05) is 5.32 Å². The van der Waals surface area contributed by atoms with Crippen molar-refractivity contribution in [3.63, 3.8) is 0 Å². The van der Waals surface area contributed by atoms with Gasteiger partial charge in [0, 0.05) is 5.02 Å². The molecule has 1 unspecified atom stereocenters. The smallest absolute Gasteiger partial charge is 0.0638 e. The molecule has 0 aromatic heterocycles. The van der Waals surface area contributed by atoms with E-state index in [4.69, 9.17) is 23.2 Å². The third kappa shape index (κ3) is 2.72. The molecule has 0 aliphatic heterocycles. The lowest BCUT2D eigenvalue weighted by molar-refractivity contribution is 0.600. The predicted molar refractivity (Wildman–Crippen MR) is 82.2 cm³/mol. The average molecular weight is 292 g/mol. The molecule has 19 heavy (non-hydrogen) atoms. The van der Waals surface area contributed by atoms with E-state index in [1.165, 1.54) is 17.5 Å². The van der Waals surface area contributed by atoms with E-state index in [0.717, 1.165) is 18.5 Å². The lowest BCUT2D eigenvalue weighted by atomic mass is 9.87. The predicted octanol–water partition coefficient (Wildman–Crippen LogP) is 5.48. The molecule has 2 aromatic rings. The van der Waals surface area contributed by atoms with E-state index in [0.29, 0.717) is 16.1 Å². The van der Waals surface area contributed by atoms with Gasteiger partial charge in [0.05, 0.1) is 16.8 Å². The number of nitrogens with one attached hydrogen (secondary N) is 1. The third-order valence-electron chi connectivity index (χ3n) is 3.63. The molecular weight excluding hydrogens is 277 g/mol. The monoisotopic (exact) mass is 291 g/mol. The number of aryl methyl sites for hydroxylation is 1. The van der Waals surface area contributed by atoms with Gasteiger partial charge in [0.1, 0.15) is 0 Å². The standard InChI is InChI=1S/C16H15Cl2N/c17-12-8-9-14(18)16(10-12)19-15-7-3-5-11-4-1-2-6-13(11)15/h1-2,4,6,8-10,15,19H,3,5,7H2. The highest BCUT2D eigenvalue weighted by Gasteiger charge is 2.20. The number of hydrogen-bond donors (Lipinski definition) is 1. The van der Waals surface area contributed by atoms with Crippen LogP contribution in [-0.4, -0.2) is 0 Å². The van der Waals surface area contributed by atoms with Gasteiger partial charge in [-0.25, -0.2) is 0 Å². The zero-order valence-electron chi connectivity index (χ0n) is 10.5. The van der Waals surface area contributed by atoms with Crippen LogP contribution in [0, 0.1) is 0 Å². The van der Waals surface area contributed by atoms with Crippen LogP contribution in [0.25, 0.3) is 0 Å². The van der Waals surface area contributed by atoms with Crippen molar-refractivity contribution in [1.29, 1.82) is 0 Å². The molecule has 0 bridgehead atoms. The molecule has 1 nitrogen and oxygen atoms in total. The minimum absolute atomic E-state index is 0.320. The first-order valence-electron chi connectivity index (χ1n) is 6.53. The van der Waals surface area contributed by atoms with Gasteiger partial charge in [-0.15, -0.1) is 0 Å². The van der Waals surface area contributed by atoms with Crippen LogP contribution in [0.4, 0.5) is 5.69 Å². The highest BCUT2D eigenvalue weighted by atomic mass is 35.5. The summed E-state index contributed by atoms with van der Waals surface area (Å²) in [6.45, 7) is 0. The summed E-state index contributed by atoms with van der Waals surface area (Å²) in [7, 11) is 0. The van der Waals surface area contributed by atoms with Gasteiger partial charge in [0.25, 0.3) is 0 Å². The molecule has 0 heterocycles. The number of fused-ring (bicyclic) bond motifs is 1. The van der Waals surface area contributed by atoms with Crippen molar-refractivity contribution in [2.24, 2.45) is 0 Å². The third-order valence-corrected chi connectivity index (χ3v) is 4.19. The zero-order chi connectivity index (χ0) is 13.2. The molecule has 0 saturated carbocycles. The highest BCUT2D eigenvalue weighted by Crippen LogP contribution is 2.35. The van der Waals surface area contributed by atoms with E-state index in [2.05, 4.69) is 29.6 Å². The Labute approximate surface area is 123 Å². The maximum Gasteiger partial charge on any atom is 0.0638 e. The van der Waals surface area contributed by atoms with Gasteiger partial charge < -0.3 is 5.32 Å². The molecule has 1 N–H and O–H groups in total. The Morgan fingerprint density at radius 3 is 2.79 bits per heavy atom. The maximum atomic E-state index is 6.22. The fraction of sp³-hybridized carbons (Fsp3) is 0.250. The summed E-state index contributed by atoms with van der Waals surface area (Å²) < 4.78 is 0. The van der Waals surface area contributed by atoms with Crippen molar-refractivity contribution in [1.82, 2.24) is 0 Å². The number of benzene rings is 2. The fourth-order valence-corrected chi connectivity index (χ4v) is 3.04. The van der Waals surface area contributed by atoms with Crippen LogP contribution in [-0.2, 0) is 6.42 Å². The Bertz CT molecular complexity index is 595. The second-order valence-corrected chi connectivity index (χ2v) is 5.76. The molecule has 3 heteroatoms. The van der Waals surface area contributed by atoms with Gasteiger partial charge in [-0.2, -0.15) is 0 Å². The first-order chi connectivity index (χ1) is 9.24. The molecule has 2 aromatic carbocycles. The molecule has 0 amide bonds. The van der Waals surface area contributed by atoms with E-state index < -0.39 is 0 Å². The largest absolute Gasteiger partial charge is 0.377 e. The number of anilines is 1. The topological polar surface area (TPSA) is 12.0 Å². The summed E-state index contributed by atoms with van der Waals surface area (Å²) in [5.74, 6) is 0. The van der Waals surface area contributed by atoms with Crippen molar-refractivity contribution in [3.05, 3.63) is 63.6 Å². The summed E-state index contributed by atoms with van der Waals surface area (Å²) in [5, 5.41) is 4.95. The summed E-state index contributed by atoms with van der Waals surface area (Å²) >= 11 is 12.3. The minimum Gasteiger partial charge on any atom is -0.377 e. The Morgan fingerprint density at radius 2 is 1.89 bits per heavy atom. The van der Waals surface area contributed by atoms with Gasteiger partial charge in [-0.05, 0) is 48.6 Å². The average Bonchev–Trinajstić information content (AvgIpc) is 2.43. The zero-order valence-corrected chi connectivity index (χ0v) is 12.0.